The van der Waals surface area contributed by atoms with Crippen molar-refractivity contribution in [1.82, 2.24) is 0 Å². The summed E-state index contributed by atoms with van der Waals surface area (Å²) in [5, 5.41) is 16.0. The van der Waals surface area contributed by atoms with E-state index in [1.807, 2.05) is 30.3 Å². The molecule has 180 valence electrons. The molecule has 0 amide bonds. The van der Waals surface area contributed by atoms with Crippen LogP contribution in [0.1, 0.15) is 46.8 Å². The second kappa shape index (κ2) is 9.66. The molecule has 5 rings (SSSR count). The standard InChI is InChI=1S/C26H21Cl3N2O3S/c1-13(32)14-6-9-20-17(10-14)24-18(26(30-20)16-8-7-15(27)11-19(16)28)12-23(25(24)29)35-22-5-3-2-4-21(22)31(33)34/h2-11,18,23-26,30H,12H2,1H3/t18-,23-,24+,25-,26+/m0/s1. The third kappa shape index (κ3) is 4.53. The molecule has 2 aliphatic rings. The van der Waals surface area contributed by atoms with Gasteiger partial charge in [0.2, 0.25) is 0 Å². The zero-order valence-electron chi connectivity index (χ0n) is 18.6. The van der Waals surface area contributed by atoms with Crippen LogP contribution in [0.5, 0.6) is 0 Å². The van der Waals surface area contributed by atoms with Gasteiger partial charge in [0.15, 0.2) is 5.78 Å². The molecule has 0 radical (unpaired) electrons. The number of ketones is 1. The van der Waals surface area contributed by atoms with Crippen LogP contribution < -0.4 is 5.32 Å². The number of carbonyl (C=O) groups excluding carboxylic acids is 1. The number of Topliss-reactive ketones (excluding diaryl/α,β-unsaturated/α-hetero) is 1. The Labute approximate surface area is 222 Å². The zero-order valence-corrected chi connectivity index (χ0v) is 21.7. The van der Waals surface area contributed by atoms with Gasteiger partial charge in [-0.05, 0) is 66.8 Å². The Morgan fingerprint density at radius 3 is 2.57 bits per heavy atom. The summed E-state index contributed by atoms with van der Waals surface area (Å²) in [7, 11) is 0. The molecule has 0 spiro atoms. The fraction of sp³-hybridized carbons (Fsp3) is 0.269. The maximum atomic E-state index is 12.1. The van der Waals surface area contributed by atoms with Gasteiger partial charge in [-0.1, -0.05) is 41.4 Å². The van der Waals surface area contributed by atoms with Crippen molar-refractivity contribution in [2.24, 2.45) is 5.92 Å². The van der Waals surface area contributed by atoms with E-state index in [-0.39, 0.29) is 44.9 Å². The Balaban J connectivity index is 1.58. The highest BCUT2D eigenvalue weighted by Gasteiger charge is 2.50. The second-order valence-corrected chi connectivity index (χ2v) is 11.5. The number of alkyl halides is 1. The molecule has 0 unspecified atom stereocenters. The lowest BCUT2D eigenvalue weighted by Gasteiger charge is -2.39. The minimum absolute atomic E-state index is 0.0119. The molecule has 1 aliphatic heterocycles. The lowest BCUT2D eigenvalue weighted by Crippen LogP contribution is -2.31. The second-order valence-electron chi connectivity index (χ2n) is 8.90. The zero-order chi connectivity index (χ0) is 24.9. The molecule has 3 aromatic carbocycles. The minimum Gasteiger partial charge on any atom is -0.378 e. The van der Waals surface area contributed by atoms with Crippen LogP contribution in [0.15, 0.2) is 65.6 Å². The maximum absolute atomic E-state index is 12.1. The fourth-order valence-electron chi connectivity index (χ4n) is 5.27. The number of nitrogens with one attached hydrogen (secondary N) is 1. The number of rotatable bonds is 5. The number of hydrogen-bond donors (Lipinski definition) is 1. The Kier molecular flexibility index (Phi) is 6.75. The number of thioether (sulfide) groups is 1. The SMILES string of the molecule is CC(=O)c1ccc2c(c1)[C@H]1[C@@H](Cl)[C@@H](Sc3ccccc3[N+](=O)[O-])C[C@@H]1[C@@H](c1ccc(Cl)cc1Cl)N2. The fourth-order valence-corrected chi connectivity index (χ4v) is 7.74. The Hall–Kier alpha value is -2.25. The summed E-state index contributed by atoms with van der Waals surface area (Å²) in [6.07, 6.45) is 0.718. The van der Waals surface area contributed by atoms with Crippen LogP contribution in [0, 0.1) is 16.0 Å². The molecular formula is C26H21Cl3N2O3S. The lowest BCUT2D eigenvalue weighted by atomic mass is 9.76. The number of fused-ring (bicyclic) bond motifs is 3. The van der Waals surface area contributed by atoms with E-state index in [1.54, 1.807) is 31.2 Å². The van der Waals surface area contributed by atoms with Crippen molar-refractivity contribution < 1.29 is 9.72 Å². The topological polar surface area (TPSA) is 72.2 Å². The van der Waals surface area contributed by atoms with Gasteiger partial charge in [-0.15, -0.1) is 23.4 Å². The highest BCUT2D eigenvalue weighted by Crippen LogP contribution is 2.58. The van der Waals surface area contributed by atoms with Gasteiger partial charge >= 0.3 is 0 Å². The molecule has 35 heavy (non-hydrogen) atoms. The van der Waals surface area contributed by atoms with Crippen LogP contribution in [0.4, 0.5) is 11.4 Å². The van der Waals surface area contributed by atoms with Crippen LogP contribution in [0.2, 0.25) is 10.0 Å². The van der Waals surface area contributed by atoms with Crippen molar-refractivity contribution >= 4 is 63.7 Å². The largest absolute Gasteiger partial charge is 0.378 e. The van der Waals surface area contributed by atoms with Gasteiger partial charge in [-0.2, -0.15) is 0 Å². The number of carbonyl (C=O) groups is 1. The quantitative estimate of drug-likeness (QED) is 0.151. The monoisotopic (exact) mass is 546 g/mol. The van der Waals surface area contributed by atoms with Gasteiger partial charge in [-0.25, -0.2) is 0 Å². The highest BCUT2D eigenvalue weighted by molar-refractivity contribution is 8.00. The lowest BCUT2D eigenvalue weighted by molar-refractivity contribution is -0.387. The molecule has 0 aromatic heterocycles. The van der Waals surface area contributed by atoms with Gasteiger partial charge in [0.1, 0.15) is 0 Å². The molecule has 1 saturated carbocycles. The molecule has 9 heteroatoms. The number of nitrogens with zero attached hydrogens (tertiary/aromatic N) is 1. The van der Waals surface area contributed by atoms with Crippen molar-refractivity contribution in [2.75, 3.05) is 5.32 Å². The molecule has 1 aliphatic carbocycles. The first-order valence-corrected chi connectivity index (χ1v) is 13.2. The molecule has 0 bridgehead atoms. The average Bonchev–Trinajstić information content (AvgIpc) is 3.15. The summed E-state index contributed by atoms with van der Waals surface area (Å²) in [5.41, 5.74) is 3.54. The van der Waals surface area contributed by atoms with E-state index < -0.39 is 0 Å². The molecule has 5 atom stereocenters. The average molecular weight is 548 g/mol. The summed E-state index contributed by atoms with van der Waals surface area (Å²) in [4.78, 5) is 23.9. The molecule has 1 fully saturated rings. The maximum Gasteiger partial charge on any atom is 0.282 e. The molecular weight excluding hydrogens is 527 g/mol. The molecule has 5 nitrogen and oxygen atoms in total. The van der Waals surface area contributed by atoms with Crippen LogP contribution in [-0.2, 0) is 0 Å². The van der Waals surface area contributed by atoms with Crippen LogP contribution in [0.3, 0.4) is 0 Å². The predicted octanol–water partition coefficient (Wildman–Crippen LogP) is 8.14. The molecule has 0 saturated heterocycles. The summed E-state index contributed by atoms with van der Waals surface area (Å²) < 4.78 is 0. The van der Waals surface area contributed by atoms with Crippen LogP contribution in [-0.4, -0.2) is 21.3 Å². The van der Waals surface area contributed by atoms with E-state index in [2.05, 4.69) is 5.32 Å². The normalized spacial score (nSPS) is 24.9. The number of benzene rings is 3. The summed E-state index contributed by atoms with van der Waals surface area (Å²) in [6, 6.07) is 17.8. The van der Waals surface area contributed by atoms with E-state index in [0.717, 1.165) is 23.2 Å². The highest BCUT2D eigenvalue weighted by atomic mass is 35.5. The Morgan fingerprint density at radius 1 is 1.09 bits per heavy atom. The first-order chi connectivity index (χ1) is 16.7. The Bertz CT molecular complexity index is 1330. The third-order valence-corrected chi connectivity index (χ3v) is 9.53. The van der Waals surface area contributed by atoms with Crippen LogP contribution >= 0.6 is 46.6 Å². The van der Waals surface area contributed by atoms with Crippen molar-refractivity contribution in [1.29, 1.82) is 0 Å². The minimum atomic E-state index is -0.361. The van der Waals surface area contributed by atoms with Crippen molar-refractivity contribution in [3.05, 3.63) is 97.5 Å². The van der Waals surface area contributed by atoms with Crippen molar-refractivity contribution in [2.45, 2.75) is 40.8 Å². The first kappa shape index (κ1) is 24.4. The number of hydrogen-bond acceptors (Lipinski definition) is 5. The van der Waals surface area contributed by atoms with Crippen molar-refractivity contribution in [3.8, 4) is 0 Å². The number of halogens is 3. The smallest absolute Gasteiger partial charge is 0.282 e. The summed E-state index contributed by atoms with van der Waals surface area (Å²) in [5.74, 6) is -0.0162. The molecule has 1 N–H and O–H groups in total. The van der Waals surface area contributed by atoms with Crippen molar-refractivity contribution in [3.63, 3.8) is 0 Å². The van der Waals surface area contributed by atoms with E-state index in [4.69, 9.17) is 34.8 Å². The van der Waals surface area contributed by atoms with Gasteiger partial charge in [0, 0.05) is 38.5 Å². The van der Waals surface area contributed by atoms with Gasteiger partial charge < -0.3 is 5.32 Å². The van der Waals surface area contributed by atoms with Gasteiger partial charge in [0.25, 0.3) is 5.69 Å². The number of nitro benzene ring substituents is 1. The summed E-state index contributed by atoms with van der Waals surface area (Å²) in [6.45, 7) is 1.55. The third-order valence-electron chi connectivity index (χ3n) is 6.86. The van der Waals surface area contributed by atoms with Crippen LogP contribution in [0.25, 0.3) is 0 Å². The number of anilines is 1. The molecule has 1 heterocycles. The van der Waals surface area contributed by atoms with E-state index in [0.29, 0.717) is 20.5 Å². The predicted molar refractivity (Wildman–Crippen MR) is 143 cm³/mol. The Morgan fingerprint density at radius 2 is 1.86 bits per heavy atom. The van der Waals surface area contributed by atoms with E-state index in [9.17, 15) is 14.9 Å². The van der Waals surface area contributed by atoms with Gasteiger partial charge in [-0.3, -0.25) is 14.9 Å². The number of para-hydroxylation sites is 1. The van der Waals surface area contributed by atoms with E-state index >= 15 is 0 Å². The first-order valence-electron chi connectivity index (χ1n) is 11.1. The number of nitro groups is 1. The van der Waals surface area contributed by atoms with Gasteiger partial charge in [0.05, 0.1) is 21.2 Å². The van der Waals surface area contributed by atoms with E-state index in [1.165, 1.54) is 17.8 Å². The summed E-state index contributed by atoms with van der Waals surface area (Å²) >= 11 is 21.4. The molecule has 3 aromatic rings.